The van der Waals surface area contributed by atoms with Crippen LogP contribution in [-0.2, 0) is 6.18 Å². The second kappa shape index (κ2) is 4.25. The van der Waals surface area contributed by atoms with Gasteiger partial charge in [-0.1, -0.05) is 6.07 Å². The van der Waals surface area contributed by atoms with Gasteiger partial charge in [-0.25, -0.2) is 9.97 Å². The first-order valence-corrected chi connectivity index (χ1v) is 4.84. The molecule has 0 saturated heterocycles. The molecular weight excluding hydrogens is 249 g/mol. The monoisotopic (exact) mass is 256 g/mol. The summed E-state index contributed by atoms with van der Waals surface area (Å²) in [5, 5.41) is 0.169. The molecule has 0 unspecified atom stereocenters. The Morgan fingerprint density at radius 1 is 1.28 bits per heavy atom. The maximum Gasteiger partial charge on any atom is 0.451 e. The second-order valence-electron chi connectivity index (χ2n) is 3.40. The molecule has 94 valence electrons. The average molecular weight is 256 g/mol. The third-order valence-corrected chi connectivity index (χ3v) is 2.30. The molecule has 4 nitrogen and oxygen atoms in total. The molecule has 1 aromatic heterocycles. The molecular formula is C11H7F3N2O2. The van der Waals surface area contributed by atoms with Gasteiger partial charge < -0.3 is 4.74 Å². The molecule has 2 aromatic rings. The first kappa shape index (κ1) is 12.3. The number of hydrogen-bond acceptors (Lipinski definition) is 4. The zero-order valence-electron chi connectivity index (χ0n) is 9.15. The highest BCUT2D eigenvalue weighted by molar-refractivity contribution is 5.98. The van der Waals surface area contributed by atoms with E-state index in [1.54, 1.807) is 0 Å². The SMILES string of the molecule is COc1cccc2nc(C(F)(F)F)nc(C=O)c12. The van der Waals surface area contributed by atoms with Gasteiger partial charge in [0.15, 0.2) is 6.29 Å². The summed E-state index contributed by atoms with van der Waals surface area (Å²) < 4.78 is 42.6. The lowest BCUT2D eigenvalue weighted by Crippen LogP contribution is -2.13. The Bertz CT molecular complexity index is 611. The number of aromatic nitrogens is 2. The third kappa shape index (κ3) is 1.99. The number of nitrogens with zero attached hydrogens (tertiary/aromatic N) is 2. The Morgan fingerprint density at radius 3 is 2.56 bits per heavy atom. The standard InChI is InChI=1S/C11H7F3N2O2/c1-18-8-4-2-3-6-9(8)7(5-17)16-10(15-6)11(12,13)14/h2-5H,1H3. The molecule has 1 heterocycles. The Hall–Kier alpha value is -2.18. The smallest absolute Gasteiger partial charge is 0.451 e. The van der Waals surface area contributed by atoms with Crippen molar-refractivity contribution in [1.82, 2.24) is 9.97 Å². The van der Waals surface area contributed by atoms with E-state index in [4.69, 9.17) is 4.74 Å². The highest BCUT2D eigenvalue weighted by atomic mass is 19.4. The number of carbonyl (C=O) groups is 1. The van der Waals surface area contributed by atoms with E-state index in [1.807, 2.05) is 0 Å². The molecule has 0 fully saturated rings. The maximum atomic E-state index is 12.5. The Kier molecular flexibility index (Phi) is 2.90. The van der Waals surface area contributed by atoms with Crippen molar-refractivity contribution in [2.45, 2.75) is 6.18 Å². The van der Waals surface area contributed by atoms with Crippen LogP contribution in [0.1, 0.15) is 16.3 Å². The molecule has 18 heavy (non-hydrogen) atoms. The van der Waals surface area contributed by atoms with E-state index >= 15 is 0 Å². The van der Waals surface area contributed by atoms with Crippen LogP contribution in [0.15, 0.2) is 18.2 Å². The Labute approximate surface area is 99.4 Å². The van der Waals surface area contributed by atoms with Crippen molar-refractivity contribution in [3.05, 3.63) is 29.7 Å². The van der Waals surface area contributed by atoms with Crippen LogP contribution in [0.3, 0.4) is 0 Å². The summed E-state index contributed by atoms with van der Waals surface area (Å²) in [4.78, 5) is 17.5. The number of methoxy groups -OCH3 is 1. The van der Waals surface area contributed by atoms with Crippen LogP contribution in [0, 0.1) is 0 Å². The number of hydrogen-bond donors (Lipinski definition) is 0. The third-order valence-electron chi connectivity index (χ3n) is 2.30. The zero-order chi connectivity index (χ0) is 13.3. The predicted octanol–water partition coefficient (Wildman–Crippen LogP) is 2.47. The molecule has 0 aliphatic heterocycles. The molecule has 0 aliphatic rings. The van der Waals surface area contributed by atoms with Gasteiger partial charge in [-0.15, -0.1) is 0 Å². The van der Waals surface area contributed by atoms with Crippen LogP contribution in [0.4, 0.5) is 13.2 Å². The molecule has 0 spiro atoms. The lowest BCUT2D eigenvalue weighted by molar-refractivity contribution is -0.144. The number of rotatable bonds is 2. The number of halogens is 3. The van der Waals surface area contributed by atoms with Crippen LogP contribution in [0.25, 0.3) is 10.9 Å². The number of ether oxygens (including phenoxy) is 1. The van der Waals surface area contributed by atoms with Gasteiger partial charge in [0.25, 0.3) is 0 Å². The van der Waals surface area contributed by atoms with Gasteiger partial charge in [0.05, 0.1) is 18.0 Å². The van der Waals surface area contributed by atoms with E-state index in [2.05, 4.69) is 9.97 Å². The summed E-state index contributed by atoms with van der Waals surface area (Å²) in [5.41, 5.74) is -0.330. The minimum atomic E-state index is -4.70. The molecule has 2 rings (SSSR count). The van der Waals surface area contributed by atoms with Crippen molar-refractivity contribution in [3.8, 4) is 5.75 Å². The fraction of sp³-hybridized carbons (Fsp3) is 0.182. The average Bonchev–Trinajstić information content (AvgIpc) is 2.35. The number of alkyl halides is 3. The lowest BCUT2D eigenvalue weighted by atomic mass is 10.1. The van der Waals surface area contributed by atoms with Crippen molar-refractivity contribution in [1.29, 1.82) is 0 Å². The normalized spacial score (nSPS) is 11.6. The van der Waals surface area contributed by atoms with Gasteiger partial charge in [-0.2, -0.15) is 13.2 Å². The van der Waals surface area contributed by atoms with Gasteiger partial charge in [0.2, 0.25) is 5.82 Å². The zero-order valence-corrected chi connectivity index (χ0v) is 9.15. The van der Waals surface area contributed by atoms with E-state index in [1.165, 1.54) is 25.3 Å². The van der Waals surface area contributed by atoms with E-state index < -0.39 is 12.0 Å². The van der Waals surface area contributed by atoms with Crippen molar-refractivity contribution in [2.24, 2.45) is 0 Å². The summed E-state index contributed by atoms with van der Waals surface area (Å²) >= 11 is 0. The molecule has 0 radical (unpaired) electrons. The molecule has 0 N–H and O–H groups in total. The van der Waals surface area contributed by atoms with E-state index in [0.29, 0.717) is 0 Å². The highest BCUT2D eigenvalue weighted by Crippen LogP contribution is 2.31. The minimum absolute atomic E-state index is 0.0128. The summed E-state index contributed by atoms with van der Waals surface area (Å²) in [7, 11) is 1.35. The molecule has 7 heteroatoms. The van der Waals surface area contributed by atoms with Crippen LogP contribution >= 0.6 is 0 Å². The van der Waals surface area contributed by atoms with Crippen molar-refractivity contribution in [2.75, 3.05) is 7.11 Å². The Balaban J connectivity index is 2.83. The van der Waals surface area contributed by atoms with Crippen molar-refractivity contribution in [3.63, 3.8) is 0 Å². The van der Waals surface area contributed by atoms with Crippen LogP contribution in [0.2, 0.25) is 0 Å². The van der Waals surface area contributed by atoms with Crippen molar-refractivity contribution < 1.29 is 22.7 Å². The lowest BCUT2D eigenvalue weighted by Gasteiger charge is -2.10. The number of benzene rings is 1. The topological polar surface area (TPSA) is 52.1 Å². The predicted molar refractivity (Wildman–Crippen MR) is 56.5 cm³/mol. The van der Waals surface area contributed by atoms with Gasteiger partial charge >= 0.3 is 6.18 Å². The van der Waals surface area contributed by atoms with E-state index in [9.17, 15) is 18.0 Å². The van der Waals surface area contributed by atoms with Gasteiger partial charge in [0.1, 0.15) is 11.4 Å². The molecule has 0 bridgehead atoms. The van der Waals surface area contributed by atoms with Gasteiger partial charge in [0, 0.05) is 0 Å². The highest BCUT2D eigenvalue weighted by Gasteiger charge is 2.35. The first-order valence-electron chi connectivity index (χ1n) is 4.84. The molecule has 0 amide bonds. The Morgan fingerprint density at radius 2 is 2.00 bits per heavy atom. The maximum absolute atomic E-state index is 12.5. The summed E-state index contributed by atoms with van der Waals surface area (Å²) in [5.74, 6) is -1.09. The van der Waals surface area contributed by atoms with Crippen LogP contribution < -0.4 is 4.74 Å². The summed E-state index contributed by atoms with van der Waals surface area (Å²) in [6.45, 7) is 0. The second-order valence-corrected chi connectivity index (χ2v) is 3.40. The van der Waals surface area contributed by atoms with E-state index in [0.717, 1.165) is 0 Å². The molecule has 0 atom stereocenters. The summed E-state index contributed by atoms with van der Waals surface area (Å²) in [6.07, 6.45) is -4.45. The van der Waals surface area contributed by atoms with Gasteiger partial charge in [-0.3, -0.25) is 4.79 Å². The van der Waals surface area contributed by atoms with Crippen molar-refractivity contribution >= 4 is 17.2 Å². The van der Waals surface area contributed by atoms with Crippen LogP contribution in [0.5, 0.6) is 5.75 Å². The number of fused-ring (bicyclic) bond motifs is 1. The largest absolute Gasteiger partial charge is 0.496 e. The number of aldehydes is 1. The fourth-order valence-corrected chi connectivity index (χ4v) is 1.56. The molecule has 0 saturated carbocycles. The minimum Gasteiger partial charge on any atom is -0.496 e. The summed E-state index contributed by atoms with van der Waals surface area (Å²) in [6, 6.07) is 4.37. The fourth-order valence-electron chi connectivity index (χ4n) is 1.56. The molecule has 1 aromatic carbocycles. The molecule has 0 aliphatic carbocycles. The number of carbonyl (C=O) groups excluding carboxylic acids is 1. The first-order chi connectivity index (χ1) is 8.47. The van der Waals surface area contributed by atoms with Crippen LogP contribution in [-0.4, -0.2) is 23.4 Å². The quantitative estimate of drug-likeness (QED) is 0.774. The van der Waals surface area contributed by atoms with Gasteiger partial charge in [-0.05, 0) is 12.1 Å². The van der Waals surface area contributed by atoms with E-state index in [-0.39, 0.29) is 28.6 Å².